The number of thioether (sulfide) groups is 1. The molecule has 0 aliphatic carbocycles. The highest BCUT2D eigenvalue weighted by atomic mass is 32.2. The summed E-state index contributed by atoms with van der Waals surface area (Å²) >= 11 is 1.75. The fourth-order valence-corrected chi connectivity index (χ4v) is 2.69. The molecule has 0 spiro atoms. The molecular weight excluding hydrogens is 204 g/mol. The van der Waals surface area contributed by atoms with Crippen LogP contribution in [0.4, 0.5) is 0 Å². The highest BCUT2D eigenvalue weighted by Gasteiger charge is 2.22. The van der Waals surface area contributed by atoms with Gasteiger partial charge in [-0.05, 0) is 31.4 Å². The standard InChI is InChI=1S/C13H20OS/c1-4-13(14,5-2)10-15-12-9-7-6-8-11(12)3/h6-9,14H,4-5,10H2,1-3H3. The predicted octanol–water partition coefficient (Wildman–Crippen LogP) is 3.64. The van der Waals surface area contributed by atoms with Crippen molar-refractivity contribution in [2.24, 2.45) is 0 Å². The molecule has 15 heavy (non-hydrogen) atoms. The van der Waals surface area contributed by atoms with E-state index < -0.39 is 5.60 Å². The summed E-state index contributed by atoms with van der Waals surface area (Å²) in [4.78, 5) is 1.28. The van der Waals surface area contributed by atoms with Crippen LogP contribution < -0.4 is 0 Å². The van der Waals surface area contributed by atoms with E-state index in [2.05, 4.69) is 19.1 Å². The number of hydrogen-bond donors (Lipinski definition) is 1. The topological polar surface area (TPSA) is 20.2 Å². The van der Waals surface area contributed by atoms with Gasteiger partial charge in [-0.15, -0.1) is 11.8 Å². The molecule has 0 aliphatic rings. The molecule has 1 nitrogen and oxygen atoms in total. The quantitative estimate of drug-likeness (QED) is 0.771. The first-order valence-electron chi connectivity index (χ1n) is 5.52. The largest absolute Gasteiger partial charge is 0.389 e. The summed E-state index contributed by atoms with van der Waals surface area (Å²) in [5.74, 6) is 0.783. The summed E-state index contributed by atoms with van der Waals surface area (Å²) in [6, 6.07) is 8.32. The molecule has 0 unspecified atom stereocenters. The maximum absolute atomic E-state index is 10.2. The van der Waals surface area contributed by atoms with E-state index >= 15 is 0 Å². The monoisotopic (exact) mass is 224 g/mol. The van der Waals surface area contributed by atoms with Crippen molar-refractivity contribution in [1.29, 1.82) is 0 Å². The fourth-order valence-electron chi connectivity index (χ4n) is 1.38. The smallest absolute Gasteiger partial charge is 0.0736 e. The maximum Gasteiger partial charge on any atom is 0.0736 e. The molecule has 0 heterocycles. The number of hydrogen-bond acceptors (Lipinski definition) is 2. The summed E-state index contributed by atoms with van der Waals surface area (Å²) in [5, 5.41) is 10.2. The molecule has 0 amide bonds. The lowest BCUT2D eigenvalue weighted by Crippen LogP contribution is -2.29. The van der Waals surface area contributed by atoms with Crippen LogP contribution in [0, 0.1) is 6.92 Å². The van der Waals surface area contributed by atoms with Crippen LogP contribution in [0.15, 0.2) is 29.2 Å². The van der Waals surface area contributed by atoms with Gasteiger partial charge < -0.3 is 5.11 Å². The fraction of sp³-hybridized carbons (Fsp3) is 0.538. The van der Waals surface area contributed by atoms with E-state index in [9.17, 15) is 5.11 Å². The molecular formula is C13H20OS. The van der Waals surface area contributed by atoms with Crippen LogP contribution >= 0.6 is 11.8 Å². The lowest BCUT2D eigenvalue weighted by molar-refractivity contribution is 0.0572. The van der Waals surface area contributed by atoms with Gasteiger partial charge in [0.05, 0.1) is 5.60 Å². The van der Waals surface area contributed by atoms with Crippen LogP contribution in [0.25, 0.3) is 0 Å². The molecule has 0 saturated carbocycles. The Kier molecular flexibility index (Phi) is 4.68. The van der Waals surface area contributed by atoms with Crippen molar-refractivity contribution in [2.45, 2.75) is 44.1 Å². The summed E-state index contributed by atoms with van der Waals surface area (Å²) in [6.07, 6.45) is 1.64. The molecule has 0 atom stereocenters. The van der Waals surface area contributed by atoms with E-state index in [0.29, 0.717) is 0 Å². The zero-order valence-corrected chi connectivity index (χ0v) is 10.6. The maximum atomic E-state index is 10.2. The predicted molar refractivity (Wildman–Crippen MR) is 67.4 cm³/mol. The molecule has 1 aromatic rings. The molecule has 0 aliphatic heterocycles. The molecule has 1 rings (SSSR count). The average molecular weight is 224 g/mol. The average Bonchev–Trinajstić information content (AvgIpc) is 2.28. The molecule has 0 fully saturated rings. The first-order valence-corrected chi connectivity index (χ1v) is 6.50. The van der Waals surface area contributed by atoms with E-state index in [1.54, 1.807) is 11.8 Å². The number of rotatable bonds is 5. The van der Waals surface area contributed by atoms with Gasteiger partial charge in [0.1, 0.15) is 0 Å². The van der Waals surface area contributed by atoms with Crippen molar-refractivity contribution in [3.8, 4) is 0 Å². The van der Waals surface area contributed by atoms with Crippen molar-refractivity contribution < 1.29 is 5.11 Å². The molecule has 0 saturated heterocycles. The highest BCUT2D eigenvalue weighted by molar-refractivity contribution is 7.99. The van der Waals surface area contributed by atoms with Crippen molar-refractivity contribution in [3.05, 3.63) is 29.8 Å². The van der Waals surface area contributed by atoms with E-state index in [1.807, 2.05) is 26.0 Å². The minimum Gasteiger partial charge on any atom is -0.389 e. The lowest BCUT2D eigenvalue weighted by Gasteiger charge is -2.24. The minimum absolute atomic E-state index is 0.507. The number of aryl methyl sites for hydroxylation is 1. The van der Waals surface area contributed by atoms with Gasteiger partial charge >= 0.3 is 0 Å². The second-order valence-corrected chi connectivity index (χ2v) is 5.00. The van der Waals surface area contributed by atoms with Gasteiger partial charge in [-0.3, -0.25) is 0 Å². The molecule has 1 aromatic carbocycles. The van der Waals surface area contributed by atoms with Gasteiger partial charge in [-0.25, -0.2) is 0 Å². The van der Waals surface area contributed by atoms with E-state index in [0.717, 1.165) is 18.6 Å². The molecule has 84 valence electrons. The second kappa shape index (κ2) is 5.57. The number of benzene rings is 1. The van der Waals surface area contributed by atoms with Crippen LogP contribution in [0.1, 0.15) is 32.3 Å². The van der Waals surface area contributed by atoms with Gasteiger partial charge in [-0.1, -0.05) is 32.0 Å². The zero-order chi connectivity index (χ0) is 11.3. The zero-order valence-electron chi connectivity index (χ0n) is 9.79. The Morgan fingerprint density at radius 3 is 2.33 bits per heavy atom. The van der Waals surface area contributed by atoms with Crippen LogP contribution in [0.5, 0.6) is 0 Å². The lowest BCUT2D eigenvalue weighted by atomic mass is 10.0. The SMILES string of the molecule is CCC(O)(CC)CSc1ccccc1C. The summed E-state index contributed by atoms with van der Waals surface area (Å²) in [5.41, 5.74) is 0.782. The summed E-state index contributed by atoms with van der Waals surface area (Å²) in [6.45, 7) is 6.20. The Hall–Kier alpha value is -0.470. The summed E-state index contributed by atoms with van der Waals surface area (Å²) < 4.78 is 0. The molecule has 1 N–H and O–H groups in total. The van der Waals surface area contributed by atoms with Gasteiger partial charge in [0.25, 0.3) is 0 Å². The van der Waals surface area contributed by atoms with Crippen molar-refractivity contribution in [2.75, 3.05) is 5.75 Å². The van der Waals surface area contributed by atoms with Gasteiger partial charge in [0, 0.05) is 10.6 Å². The third-order valence-electron chi connectivity index (χ3n) is 2.91. The first-order chi connectivity index (χ1) is 7.11. The van der Waals surface area contributed by atoms with Crippen molar-refractivity contribution >= 4 is 11.8 Å². The Balaban J connectivity index is 2.61. The second-order valence-electron chi connectivity index (χ2n) is 3.99. The van der Waals surface area contributed by atoms with Crippen molar-refractivity contribution in [1.82, 2.24) is 0 Å². The minimum atomic E-state index is -0.507. The molecule has 0 aromatic heterocycles. The first kappa shape index (κ1) is 12.6. The van der Waals surface area contributed by atoms with Gasteiger partial charge in [-0.2, -0.15) is 0 Å². The van der Waals surface area contributed by atoms with Crippen LogP contribution in [-0.4, -0.2) is 16.5 Å². The summed E-state index contributed by atoms with van der Waals surface area (Å²) in [7, 11) is 0. The third-order valence-corrected chi connectivity index (χ3v) is 4.36. The van der Waals surface area contributed by atoms with Gasteiger partial charge in [0.2, 0.25) is 0 Å². The Morgan fingerprint density at radius 2 is 1.80 bits per heavy atom. The Labute approximate surface area is 96.9 Å². The Morgan fingerprint density at radius 1 is 1.20 bits per heavy atom. The molecule has 2 heteroatoms. The normalized spacial score (nSPS) is 11.7. The van der Waals surface area contributed by atoms with Crippen LogP contribution in [0.2, 0.25) is 0 Å². The van der Waals surface area contributed by atoms with E-state index in [1.165, 1.54) is 10.5 Å². The van der Waals surface area contributed by atoms with Gasteiger partial charge in [0.15, 0.2) is 0 Å². The van der Waals surface area contributed by atoms with E-state index in [4.69, 9.17) is 0 Å². The van der Waals surface area contributed by atoms with Crippen LogP contribution in [-0.2, 0) is 0 Å². The highest BCUT2D eigenvalue weighted by Crippen LogP contribution is 2.28. The molecule has 0 bridgehead atoms. The molecule has 0 radical (unpaired) electrons. The van der Waals surface area contributed by atoms with E-state index in [-0.39, 0.29) is 0 Å². The Bertz CT molecular complexity index is 305. The third kappa shape index (κ3) is 3.54. The van der Waals surface area contributed by atoms with Crippen molar-refractivity contribution in [3.63, 3.8) is 0 Å². The number of aliphatic hydroxyl groups is 1. The van der Waals surface area contributed by atoms with Crippen LogP contribution in [0.3, 0.4) is 0 Å².